The maximum Gasteiger partial charge on any atom is 0.256 e. The van der Waals surface area contributed by atoms with Crippen LogP contribution in [0.5, 0.6) is 0 Å². The number of carbonyl (C=O) groups is 1. The zero-order valence-corrected chi connectivity index (χ0v) is 10.9. The van der Waals surface area contributed by atoms with E-state index in [-0.39, 0.29) is 5.91 Å². The van der Waals surface area contributed by atoms with Gasteiger partial charge in [0, 0.05) is 19.8 Å². The Morgan fingerprint density at radius 2 is 2.37 bits per heavy atom. The van der Waals surface area contributed by atoms with Gasteiger partial charge in [-0.3, -0.25) is 14.9 Å². The second-order valence-corrected chi connectivity index (χ2v) is 4.04. The van der Waals surface area contributed by atoms with Crippen molar-refractivity contribution in [1.29, 1.82) is 0 Å². The summed E-state index contributed by atoms with van der Waals surface area (Å²) in [6.45, 7) is 3.09. The molecule has 2 N–H and O–H groups in total. The molecule has 100 valence electrons. The fourth-order valence-electron chi connectivity index (χ4n) is 1.72. The van der Waals surface area contributed by atoms with Crippen molar-refractivity contribution in [2.24, 2.45) is 0 Å². The van der Waals surface area contributed by atoms with Crippen molar-refractivity contribution in [3.05, 3.63) is 36.2 Å². The van der Waals surface area contributed by atoms with Crippen LogP contribution in [0.25, 0.3) is 0 Å². The lowest BCUT2D eigenvalue weighted by Gasteiger charge is -2.17. The number of nitrogens with one attached hydrogen (secondary N) is 2. The van der Waals surface area contributed by atoms with Gasteiger partial charge < -0.3 is 10.2 Å². The first-order chi connectivity index (χ1) is 9.22. The van der Waals surface area contributed by atoms with Crippen LogP contribution in [0.15, 0.2) is 24.8 Å². The molecule has 0 spiro atoms. The molecule has 0 unspecified atom stereocenters. The molecule has 0 aliphatic carbocycles. The van der Waals surface area contributed by atoms with Crippen LogP contribution in [0.4, 0.5) is 5.69 Å². The van der Waals surface area contributed by atoms with E-state index < -0.39 is 0 Å². The maximum atomic E-state index is 12.4. The van der Waals surface area contributed by atoms with E-state index >= 15 is 0 Å². The molecule has 0 aliphatic rings. The number of carbonyl (C=O) groups excluding carboxylic acids is 1. The van der Waals surface area contributed by atoms with Gasteiger partial charge in [0.2, 0.25) is 0 Å². The molecule has 0 saturated carbocycles. The Balaban J connectivity index is 2.14. The summed E-state index contributed by atoms with van der Waals surface area (Å²) < 4.78 is 0. The van der Waals surface area contributed by atoms with Gasteiger partial charge in [-0.1, -0.05) is 0 Å². The van der Waals surface area contributed by atoms with Crippen molar-refractivity contribution < 1.29 is 4.79 Å². The number of anilines is 1. The molecular formula is C12H16N6O. The monoisotopic (exact) mass is 260 g/mol. The highest BCUT2D eigenvalue weighted by Gasteiger charge is 2.16. The van der Waals surface area contributed by atoms with Crippen LogP contribution in [0.3, 0.4) is 0 Å². The van der Waals surface area contributed by atoms with Crippen molar-refractivity contribution in [1.82, 2.24) is 25.1 Å². The summed E-state index contributed by atoms with van der Waals surface area (Å²) in [5.74, 6) is 0.560. The van der Waals surface area contributed by atoms with Gasteiger partial charge in [0.15, 0.2) is 0 Å². The Bertz CT molecular complexity index is 539. The van der Waals surface area contributed by atoms with Crippen LogP contribution in [-0.4, -0.2) is 44.6 Å². The smallest absolute Gasteiger partial charge is 0.256 e. The summed E-state index contributed by atoms with van der Waals surface area (Å²) in [7, 11) is 1.72. The van der Waals surface area contributed by atoms with Gasteiger partial charge in [0.05, 0.1) is 24.0 Å². The molecule has 0 fully saturated rings. The van der Waals surface area contributed by atoms with Crippen LogP contribution in [0.2, 0.25) is 0 Å². The number of aromatic nitrogens is 4. The Morgan fingerprint density at radius 3 is 3.05 bits per heavy atom. The average molecular weight is 260 g/mol. The summed E-state index contributed by atoms with van der Waals surface area (Å²) in [5.41, 5.74) is 1.33. The van der Waals surface area contributed by atoms with Gasteiger partial charge in [0.1, 0.15) is 12.2 Å². The molecule has 2 aromatic rings. The number of hydrogen-bond acceptors (Lipinski definition) is 5. The normalized spacial score (nSPS) is 10.2. The quantitative estimate of drug-likeness (QED) is 0.834. The fraction of sp³-hybridized carbons (Fsp3) is 0.333. The van der Waals surface area contributed by atoms with E-state index in [0.717, 1.165) is 12.2 Å². The summed E-state index contributed by atoms with van der Waals surface area (Å²) in [4.78, 5) is 22.0. The molecule has 2 rings (SSSR count). The summed E-state index contributed by atoms with van der Waals surface area (Å²) in [5, 5.41) is 9.61. The molecule has 0 radical (unpaired) electrons. The minimum atomic E-state index is -0.0882. The third kappa shape index (κ3) is 3.06. The SMILES string of the molecule is CCNc1cnccc1C(=O)N(C)Cc1ncn[nH]1. The van der Waals surface area contributed by atoms with Gasteiger partial charge in [0.25, 0.3) is 5.91 Å². The van der Waals surface area contributed by atoms with Crippen LogP contribution in [-0.2, 0) is 6.54 Å². The van der Waals surface area contributed by atoms with Crippen molar-refractivity contribution in [3.8, 4) is 0 Å². The van der Waals surface area contributed by atoms with E-state index in [4.69, 9.17) is 0 Å². The summed E-state index contributed by atoms with van der Waals surface area (Å²) in [6, 6.07) is 1.71. The minimum absolute atomic E-state index is 0.0882. The maximum absolute atomic E-state index is 12.4. The summed E-state index contributed by atoms with van der Waals surface area (Å²) in [6.07, 6.45) is 4.68. The van der Waals surface area contributed by atoms with Crippen LogP contribution in [0, 0.1) is 0 Å². The highest BCUT2D eigenvalue weighted by Crippen LogP contribution is 2.15. The standard InChI is InChI=1S/C12H16N6O/c1-3-14-10-6-13-5-4-9(10)12(19)18(2)7-11-15-8-16-17-11/h4-6,8,14H,3,7H2,1-2H3,(H,15,16,17). The molecule has 7 heteroatoms. The van der Waals surface area contributed by atoms with E-state index in [9.17, 15) is 4.79 Å². The lowest BCUT2D eigenvalue weighted by atomic mass is 10.2. The fourth-order valence-corrected chi connectivity index (χ4v) is 1.72. The Hall–Kier alpha value is -2.44. The van der Waals surface area contributed by atoms with Gasteiger partial charge in [-0.15, -0.1) is 0 Å². The molecule has 0 aliphatic heterocycles. The van der Waals surface area contributed by atoms with Crippen molar-refractivity contribution >= 4 is 11.6 Å². The molecule has 0 bridgehead atoms. The molecule has 2 aromatic heterocycles. The zero-order chi connectivity index (χ0) is 13.7. The lowest BCUT2D eigenvalue weighted by Crippen LogP contribution is -2.27. The molecule has 0 saturated heterocycles. The first-order valence-corrected chi connectivity index (χ1v) is 6.00. The molecular weight excluding hydrogens is 244 g/mol. The van der Waals surface area contributed by atoms with E-state index in [2.05, 4.69) is 25.5 Å². The predicted octanol–water partition coefficient (Wildman–Crippen LogP) is 0.904. The van der Waals surface area contributed by atoms with Crippen molar-refractivity contribution in [2.45, 2.75) is 13.5 Å². The van der Waals surface area contributed by atoms with E-state index in [1.54, 1.807) is 30.4 Å². The third-order valence-electron chi connectivity index (χ3n) is 2.62. The van der Waals surface area contributed by atoms with Crippen LogP contribution >= 0.6 is 0 Å². The number of hydrogen-bond donors (Lipinski definition) is 2. The Morgan fingerprint density at radius 1 is 1.53 bits per heavy atom. The number of aromatic amines is 1. The molecule has 0 aromatic carbocycles. The molecule has 2 heterocycles. The van der Waals surface area contributed by atoms with Crippen molar-refractivity contribution in [2.75, 3.05) is 18.9 Å². The number of rotatable bonds is 5. The zero-order valence-electron chi connectivity index (χ0n) is 10.9. The second kappa shape index (κ2) is 5.94. The minimum Gasteiger partial charge on any atom is -0.383 e. The molecule has 19 heavy (non-hydrogen) atoms. The van der Waals surface area contributed by atoms with Crippen LogP contribution in [0.1, 0.15) is 23.1 Å². The average Bonchev–Trinajstić information content (AvgIpc) is 2.92. The highest BCUT2D eigenvalue weighted by molar-refractivity contribution is 5.99. The predicted molar refractivity (Wildman–Crippen MR) is 70.6 cm³/mol. The van der Waals surface area contributed by atoms with E-state index in [1.807, 2.05) is 6.92 Å². The van der Waals surface area contributed by atoms with Gasteiger partial charge in [-0.05, 0) is 13.0 Å². The van der Waals surface area contributed by atoms with Crippen molar-refractivity contribution in [3.63, 3.8) is 0 Å². The largest absolute Gasteiger partial charge is 0.383 e. The third-order valence-corrected chi connectivity index (χ3v) is 2.62. The topological polar surface area (TPSA) is 86.8 Å². The Labute approximate surface area is 111 Å². The number of amides is 1. The number of H-pyrrole nitrogens is 1. The highest BCUT2D eigenvalue weighted by atomic mass is 16.2. The van der Waals surface area contributed by atoms with E-state index in [0.29, 0.717) is 17.9 Å². The number of pyridine rings is 1. The van der Waals surface area contributed by atoms with Gasteiger partial charge in [-0.2, -0.15) is 5.10 Å². The van der Waals surface area contributed by atoms with Crippen LogP contribution < -0.4 is 5.32 Å². The van der Waals surface area contributed by atoms with Gasteiger partial charge in [-0.25, -0.2) is 4.98 Å². The lowest BCUT2D eigenvalue weighted by molar-refractivity contribution is 0.0782. The Kier molecular flexibility index (Phi) is 4.07. The van der Waals surface area contributed by atoms with Gasteiger partial charge >= 0.3 is 0 Å². The second-order valence-electron chi connectivity index (χ2n) is 4.04. The molecule has 1 amide bonds. The molecule has 7 nitrogen and oxygen atoms in total. The first kappa shape index (κ1) is 13.0. The molecule has 0 atom stereocenters. The first-order valence-electron chi connectivity index (χ1n) is 6.00. The summed E-state index contributed by atoms with van der Waals surface area (Å²) >= 11 is 0. The van der Waals surface area contributed by atoms with E-state index in [1.165, 1.54) is 6.33 Å². The number of nitrogens with zero attached hydrogens (tertiary/aromatic N) is 4.